The summed E-state index contributed by atoms with van der Waals surface area (Å²) < 4.78 is 0. The lowest BCUT2D eigenvalue weighted by Crippen LogP contribution is -2.58. The van der Waals surface area contributed by atoms with Crippen molar-refractivity contribution >= 4 is 5.78 Å². The van der Waals surface area contributed by atoms with Crippen LogP contribution in [0.1, 0.15) is 46.5 Å². The Hall–Kier alpha value is -0.410. The Kier molecular flexibility index (Phi) is 4.44. The minimum Gasteiger partial charge on any atom is -0.314 e. The van der Waals surface area contributed by atoms with Gasteiger partial charge in [0.15, 0.2) is 5.78 Å². The molecule has 2 rings (SSSR count). The Morgan fingerprint density at radius 2 is 1.67 bits per heavy atom. The molecule has 3 heteroatoms. The van der Waals surface area contributed by atoms with Crippen LogP contribution in [-0.2, 0) is 4.79 Å². The number of hydrogen-bond acceptors (Lipinski definition) is 3. The lowest BCUT2D eigenvalue weighted by molar-refractivity contribution is -0.135. The maximum absolute atomic E-state index is 12.8. The van der Waals surface area contributed by atoms with Crippen LogP contribution in [0.15, 0.2) is 0 Å². The molecule has 0 aromatic rings. The third kappa shape index (κ3) is 2.94. The van der Waals surface area contributed by atoms with Crippen molar-refractivity contribution in [2.24, 2.45) is 11.8 Å². The van der Waals surface area contributed by atoms with Crippen LogP contribution < -0.4 is 5.32 Å². The molecule has 1 aliphatic carbocycles. The lowest BCUT2D eigenvalue weighted by Gasteiger charge is -2.42. The van der Waals surface area contributed by atoms with Crippen molar-refractivity contribution in [1.29, 1.82) is 0 Å². The number of carbonyl (C=O) groups excluding carboxylic acids is 1. The molecule has 2 aliphatic rings. The fourth-order valence-corrected chi connectivity index (χ4v) is 3.40. The predicted molar refractivity (Wildman–Crippen MR) is 74.7 cm³/mol. The molecule has 1 heterocycles. The maximum Gasteiger partial charge on any atom is 0.155 e. The summed E-state index contributed by atoms with van der Waals surface area (Å²) in [5.41, 5.74) is -0.270. The van der Waals surface area contributed by atoms with E-state index in [1.165, 1.54) is 12.8 Å². The largest absolute Gasteiger partial charge is 0.314 e. The maximum atomic E-state index is 12.8. The highest BCUT2D eigenvalue weighted by molar-refractivity contribution is 5.89. The van der Waals surface area contributed by atoms with E-state index in [4.69, 9.17) is 0 Å². The summed E-state index contributed by atoms with van der Waals surface area (Å²) in [6.07, 6.45) is 4.67. The van der Waals surface area contributed by atoms with Crippen molar-refractivity contribution in [3.05, 3.63) is 0 Å². The van der Waals surface area contributed by atoms with Crippen LogP contribution in [0.4, 0.5) is 0 Å². The number of carbonyl (C=O) groups is 1. The number of piperazine rings is 1. The Balaban J connectivity index is 1.97. The molecule has 1 N–H and O–H groups in total. The van der Waals surface area contributed by atoms with Crippen LogP contribution in [0.25, 0.3) is 0 Å². The van der Waals surface area contributed by atoms with Crippen LogP contribution in [0.5, 0.6) is 0 Å². The van der Waals surface area contributed by atoms with Gasteiger partial charge in [0.25, 0.3) is 0 Å². The van der Waals surface area contributed by atoms with E-state index in [1.54, 1.807) is 0 Å². The Bertz CT molecular complexity index is 287. The molecule has 18 heavy (non-hydrogen) atoms. The van der Waals surface area contributed by atoms with E-state index in [1.807, 2.05) is 0 Å². The van der Waals surface area contributed by atoms with Crippen LogP contribution in [0, 0.1) is 11.8 Å². The first-order valence-corrected chi connectivity index (χ1v) is 7.52. The average molecular weight is 252 g/mol. The van der Waals surface area contributed by atoms with Gasteiger partial charge in [-0.25, -0.2) is 0 Å². The summed E-state index contributed by atoms with van der Waals surface area (Å²) >= 11 is 0. The first kappa shape index (κ1) is 14.0. The molecule has 0 aromatic carbocycles. The highest BCUT2D eigenvalue weighted by atomic mass is 16.1. The third-order valence-electron chi connectivity index (χ3n) is 4.90. The number of nitrogens with one attached hydrogen (secondary N) is 1. The Morgan fingerprint density at radius 1 is 1.11 bits per heavy atom. The van der Waals surface area contributed by atoms with Gasteiger partial charge in [0, 0.05) is 32.1 Å². The molecule has 0 bridgehead atoms. The molecule has 1 saturated carbocycles. The van der Waals surface area contributed by atoms with Gasteiger partial charge in [-0.2, -0.15) is 0 Å². The second-order valence-electron chi connectivity index (χ2n) is 6.62. The van der Waals surface area contributed by atoms with Crippen molar-refractivity contribution < 1.29 is 4.79 Å². The number of ketones is 1. The predicted octanol–water partition coefficient (Wildman–Crippen LogP) is 2.07. The van der Waals surface area contributed by atoms with E-state index in [-0.39, 0.29) is 5.54 Å². The number of nitrogens with zero attached hydrogens (tertiary/aromatic N) is 1. The van der Waals surface area contributed by atoms with E-state index in [2.05, 4.69) is 31.0 Å². The highest BCUT2D eigenvalue weighted by Gasteiger charge is 2.39. The zero-order valence-electron chi connectivity index (χ0n) is 12.2. The molecule has 0 spiro atoms. The smallest absolute Gasteiger partial charge is 0.155 e. The average Bonchev–Trinajstić information content (AvgIpc) is 2.40. The first-order valence-electron chi connectivity index (χ1n) is 7.52. The van der Waals surface area contributed by atoms with Gasteiger partial charge in [-0.05, 0) is 32.6 Å². The molecule has 0 unspecified atom stereocenters. The number of rotatable bonds is 3. The molecule has 0 atom stereocenters. The molecule has 1 aliphatic heterocycles. The molecule has 0 amide bonds. The van der Waals surface area contributed by atoms with Crippen molar-refractivity contribution in [2.45, 2.75) is 52.0 Å². The number of hydrogen-bond donors (Lipinski definition) is 1. The summed E-state index contributed by atoms with van der Waals surface area (Å²) in [4.78, 5) is 15.1. The van der Waals surface area contributed by atoms with Crippen molar-refractivity contribution in [1.82, 2.24) is 10.2 Å². The van der Waals surface area contributed by atoms with Gasteiger partial charge in [0.05, 0.1) is 5.54 Å². The lowest BCUT2D eigenvalue weighted by atomic mass is 9.76. The monoisotopic (exact) mass is 252 g/mol. The molecule has 0 radical (unpaired) electrons. The summed E-state index contributed by atoms with van der Waals surface area (Å²) in [5.74, 6) is 1.61. The van der Waals surface area contributed by atoms with E-state index >= 15 is 0 Å². The van der Waals surface area contributed by atoms with Crippen LogP contribution in [-0.4, -0.2) is 42.4 Å². The van der Waals surface area contributed by atoms with Gasteiger partial charge in [-0.3, -0.25) is 9.69 Å². The summed E-state index contributed by atoms with van der Waals surface area (Å²) in [6.45, 7) is 10.6. The van der Waals surface area contributed by atoms with Gasteiger partial charge in [0.1, 0.15) is 0 Å². The van der Waals surface area contributed by atoms with Gasteiger partial charge < -0.3 is 5.32 Å². The van der Waals surface area contributed by atoms with Gasteiger partial charge in [-0.1, -0.05) is 19.8 Å². The van der Waals surface area contributed by atoms with Crippen molar-refractivity contribution in [3.63, 3.8) is 0 Å². The highest BCUT2D eigenvalue weighted by Crippen LogP contribution is 2.33. The van der Waals surface area contributed by atoms with Gasteiger partial charge in [0.2, 0.25) is 0 Å². The molecule has 2 fully saturated rings. The normalized spacial score (nSPS) is 31.3. The van der Waals surface area contributed by atoms with Crippen LogP contribution >= 0.6 is 0 Å². The molecule has 1 saturated heterocycles. The van der Waals surface area contributed by atoms with E-state index in [0.29, 0.717) is 11.7 Å². The second-order valence-corrected chi connectivity index (χ2v) is 6.62. The van der Waals surface area contributed by atoms with E-state index < -0.39 is 0 Å². The van der Waals surface area contributed by atoms with Gasteiger partial charge in [-0.15, -0.1) is 0 Å². The topological polar surface area (TPSA) is 32.3 Å². The minimum atomic E-state index is -0.270. The van der Waals surface area contributed by atoms with Gasteiger partial charge >= 0.3 is 0 Å². The quantitative estimate of drug-likeness (QED) is 0.834. The molecule has 104 valence electrons. The fourth-order valence-electron chi connectivity index (χ4n) is 3.40. The molecular formula is C15H28N2O. The molecular weight excluding hydrogens is 224 g/mol. The zero-order valence-corrected chi connectivity index (χ0v) is 12.2. The summed E-state index contributed by atoms with van der Waals surface area (Å²) in [5, 5.41) is 3.36. The molecule has 3 nitrogen and oxygen atoms in total. The van der Waals surface area contributed by atoms with Crippen molar-refractivity contribution in [2.75, 3.05) is 26.2 Å². The van der Waals surface area contributed by atoms with E-state index in [0.717, 1.165) is 44.9 Å². The third-order valence-corrected chi connectivity index (χ3v) is 4.90. The Labute approximate surface area is 111 Å². The second kappa shape index (κ2) is 5.70. The zero-order chi connectivity index (χ0) is 13.2. The van der Waals surface area contributed by atoms with Crippen molar-refractivity contribution in [3.8, 4) is 0 Å². The van der Waals surface area contributed by atoms with Crippen LogP contribution in [0.2, 0.25) is 0 Å². The molecule has 0 aromatic heterocycles. The first-order chi connectivity index (χ1) is 8.51. The standard InChI is InChI=1S/C15H28N2O/c1-12-4-6-13(7-5-12)14(18)15(2,3)17-10-8-16-9-11-17/h12-13,16H,4-11H2,1-3H3. The van der Waals surface area contributed by atoms with Crippen LogP contribution in [0.3, 0.4) is 0 Å². The summed E-state index contributed by atoms with van der Waals surface area (Å²) in [6, 6.07) is 0. The SMILES string of the molecule is CC1CCC(C(=O)C(C)(C)N2CCNCC2)CC1. The summed E-state index contributed by atoms with van der Waals surface area (Å²) in [7, 11) is 0. The fraction of sp³-hybridized carbons (Fsp3) is 0.933. The number of Topliss-reactive ketones (excluding diaryl/α,β-unsaturated/α-hetero) is 1. The van der Waals surface area contributed by atoms with E-state index in [9.17, 15) is 4.79 Å². The Morgan fingerprint density at radius 3 is 2.22 bits per heavy atom. The minimum absolute atomic E-state index is 0.270.